The van der Waals surface area contributed by atoms with Gasteiger partial charge >= 0.3 is 0 Å². The molecular weight excluding hydrogens is 492 g/mol. The largest absolute Gasteiger partial charge is 0.0665 e. The van der Waals surface area contributed by atoms with Crippen molar-refractivity contribution in [2.24, 2.45) is 0 Å². The number of hydrogen-bond donors (Lipinski definition) is 0. The Labute approximate surface area is 238 Å². The molecule has 6 aromatic carbocycles. The van der Waals surface area contributed by atoms with E-state index in [2.05, 4.69) is 146 Å². The Balaban J connectivity index is 1.45. The summed E-state index contributed by atoms with van der Waals surface area (Å²) >= 11 is 0. The van der Waals surface area contributed by atoms with Crippen molar-refractivity contribution in [2.45, 2.75) is 5.41 Å². The van der Waals surface area contributed by atoms with Crippen LogP contribution in [-0.4, -0.2) is 0 Å². The highest BCUT2D eigenvalue weighted by Gasteiger charge is 2.50. The number of hydrogen-bond acceptors (Lipinski definition) is 0. The molecule has 4 aliphatic carbocycles. The minimum Gasteiger partial charge on any atom is -0.0622 e. The normalized spacial score (nSPS) is 15.3. The summed E-state index contributed by atoms with van der Waals surface area (Å²) in [5.41, 5.74) is 18.6. The van der Waals surface area contributed by atoms with E-state index >= 15 is 0 Å². The van der Waals surface area contributed by atoms with Crippen LogP contribution in [0.15, 0.2) is 140 Å². The Morgan fingerprint density at radius 3 is 1.83 bits per heavy atom. The lowest BCUT2D eigenvalue weighted by molar-refractivity contribution is 0.859. The van der Waals surface area contributed by atoms with Gasteiger partial charge in [-0.05, 0) is 94.4 Å². The maximum atomic E-state index is 2.59. The second-order valence-electron chi connectivity index (χ2n) is 11.6. The summed E-state index contributed by atoms with van der Waals surface area (Å²) < 4.78 is 0. The minimum absolute atomic E-state index is 0.386. The van der Waals surface area contributed by atoms with Gasteiger partial charge in [0.15, 0.2) is 0 Å². The first-order chi connectivity index (χ1) is 20.3. The third kappa shape index (κ3) is 2.52. The maximum absolute atomic E-state index is 2.59. The number of benzene rings is 6. The van der Waals surface area contributed by atoms with Gasteiger partial charge in [0.05, 0.1) is 5.41 Å². The van der Waals surface area contributed by atoms with E-state index in [1.54, 1.807) is 0 Å². The molecule has 0 fully saturated rings. The van der Waals surface area contributed by atoms with Gasteiger partial charge in [-0.1, -0.05) is 140 Å². The van der Waals surface area contributed by atoms with Gasteiger partial charge in [-0.15, -0.1) is 0 Å². The molecule has 0 saturated heterocycles. The molecule has 0 radical (unpaired) electrons. The van der Waals surface area contributed by atoms with Crippen molar-refractivity contribution in [1.29, 1.82) is 0 Å². The van der Waals surface area contributed by atoms with Gasteiger partial charge in [-0.25, -0.2) is 0 Å². The zero-order chi connectivity index (χ0) is 26.7. The van der Waals surface area contributed by atoms with Gasteiger partial charge in [-0.2, -0.15) is 0 Å². The van der Waals surface area contributed by atoms with Gasteiger partial charge in [0, 0.05) is 0 Å². The van der Waals surface area contributed by atoms with Gasteiger partial charge in [0.2, 0.25) is 0 Å². The molecular formula is C41H24. The molecule has 0 saturated carbocycles. The lowest BCUT2D eigenvalue weighted by atomic mass is 9.64. The fraction of sp³-hybridized carbons (Fsp3) is 0.0244. The molecule has 41 heavy (non-hydrogen) atoms. The van der Waals surface area contributed by atoms with Crippen LogP contribution in [0, 0.1) is 0 Å². The summed E-state index contributed by atoms with van der Waals surface area (Å²) in [5, 5.41) is 2.69. The minimum atomic E-state index is -0.386. The van der Waals surface area contributed by atoms with Crippen LogP contribution in [-0.2, 0) is 5.41 Å². The predicted octanol–water partition coefficient (Wildman–Crippen LogP) is 8.09. The molecule has 0 heterocycles. The predicted molar refractivity (Wildman–Crippen MR) is 169 cm³/mol. The van der Waals surface area contributed by atoms with E-state index in [4.69, 9.17) is 0 Å². The van der Waals surface area contributed by atoms with Crippen molar-refractivity contribution in [3.63, 3.8) is 0 Å². The van der Waals surface area contributed by atoms with Crippen molar-refractivity contribution in [2.75, 3.05) is 0 Å². The van der Waals surface area contributed by atoms with Gasteiger partial charge in [0.1, 0.15) is 0 Å². The summed E-state index contributed by atoms with van der Waals surface area (Å²) in [5.74, 6) is 0. The van der Waals surface area contributed by atoms with Crippen LogP contribution in [0.25, 0.3) is 50.6 Å². The topological polar surface area (TPSA) is 0 Å². The summed E-state index contributed by atoms with van der Waals surface area (Å²) in [6.45, 7) is 0. The molecule has 0 bridgehead atoms. The van der Waals surface area contributed by atoms with Crippen molar-refractivity contribution >= 4 is 17.2 Å². The molecule has 1 spiro atoms. The van der Waals surface area contributed by atoms with Crippen LogP contribution in [0.2, 0.25) is 0 Å². The highest BCUT2D eigenvalue weighted by molar-refractivity contribution is 6.11. The summed E-state index contributed by atoms with van der Waals surface area (Å²) in [4.78, 5) is 0. The molecule has 188 valence electrons. The molecule has 0 nitrogen and oxygen atoms in total. The summed E-state index contributed by atoms with van der Waals surface area (Å²) in [6.07, 6.45) is 4.95. The third-order valence-corrected chi connectivity index (χ3v) is 9.76. The SMILES string of the molecule is C1=C(c2ccccc2)c2cccc3c2C(=c2ccc4c(c2-3)-c2ccccc2C=4)C12c1ccccc1-c1ccccc12. The lowest BCUT2D eigenvalue weighted by Crippen LogP contribution is -2.32. The molecule has 10 rings (SSSR count). The van der Waals surface area contributed by atoms with Crippen LogP contribution >= 0.6 is 0 Å². The third-order valence-electron chi connectivity index (χ3n) is 9.76. The molecule has 6 aromatic rings. The highest BCUT2D eigenvalue weighted by Crippen LogP contribution is 2.62. The van der Waals surface area contributed by atoms with E-state index in [1.165, 1.54) is 88.3 Å². The molecule has 0 aliphatic heterocycles. The van der Waals surface area contributed by atoms with Gasteiger partial charge < -0.3 is 0 Å². The average molecular weight is 517 g/mol. The van der Waals surface area contributed by atoms with Gasteiger partial charge in [0.25, 0.3) is 0 Å². The van der Waals surface area contributed by atoms with E-state index in [0.717, 1.165) is 0 Å². The zero-order valence-electron chi connectivity index (χ0n) is 22.4. The molecule has 0 unspecified atom stereocenters. The average Bonchev–Trinajstić information content (AvgIpc) is 3.67. The molecule has 0 amide bonds. The Morgan fingerprint density at radius 2 is 1.05 bits per heavy atom. The fourth-order valence-corrected chi connectivity index (χ4v) is 8.25. The number of allylic oxidation sites excluding steroid dienone is 1. The van der Waals surface area contributed by atoms with Crippen molar-refractivity contribution in [3.8, 4) is 33.4 Å². The number of fused-ring (bicyclic) bond motifs is 12. The van der Waals surface area contributed by atoms with E-state index in [-0.39, 0.29) is 5.41 Å². The zero-order valence-corrected chi connectivity index (χ0v) is 22.4. The van der Waals surface area contributed by atoms with Crippen LogP contribution in [0.5, 0.6) is 0 Å². The molecule has 0 aromatic heterocycles. The lowest BCUT2D eigenvalue weighted by Gasteiger charge is -2.37. The van der Waals surface area contributed by atoms with Crippen LogP contribution in [0.4, 0.5) is 0 Å². The Hall–Kier alpha value is -5.20. The van der Waals surface area contributed by atoms with E-state index in [1.807, 2.05) is 0 Å². The first-order valence-electron chi connectivity index (χ1n) is 14.5. The quantitative estimate of drug-likeness (QED) is 0.207. The summed E-state index contributed by atoms with van der Waals surface area (Å²) in [6, 6.07) is 49.7. The van der Waals surface area contributed by atoms with Crippen LogP contribution in [0.3, 0.4) is 0 Å². The van der Waals surface area contributed by atoms with E-state index in [9.17, 15) is 0 Å². The first-order valence-corrected chi connectivity index (χ1v) is 14.5. The Kier molecular flexibility index (Phi) is 3.95. The van der Waals surface area contributed by atoms with Gasteiger partial charge in [-0.3, -0.25) is 0 Å². The van der Waals surface area contributed by atoms with Crippen molar-refractivity contribution < 1.29 is 0 Å². The standard InChI is InChI=1S/C41H24/c1-2-11-25(12-3-1)34-24-41(35-19-8-6-15-29(35)30-16-7-9-20-36(30)41)40-33-22-21-27-23-26-13-4-5-14-28(26)37(27)38(33)32-18-10-17-31(34)39(32)40/h1-24H. The molecule has 0 heteroatoms. The van der Waals surface area contributed by atoms with E-state index < -0.39 is 0 Å². The van der Waals surface area contributed by atoms with Crippen molar-refractivity contribution in [1.82, 2.24) is 0 Å². The second-order valence-corrected chi connectivity index (χ2v) is 11.6. The molecule has 0 atom stereocenters. The molecule has 0 N–H and O–H groups in total. The first kappa shape index (κ1) is 21.6. The fourth-order valence-electron chi connectivity index (χ4n) is 8.25. The Bertz CT molecular complexity index is 2250. The summed E-state index contributed by atoms with van der Waals surface area (Å²) in [7, 11) is 0. The van der Waals surface area contributed by atoms with Crippen LogP contribution < -0.4 is 10.4 Å². The molecule has 4 aliphatic rings. The monoisotopic (exact) mass is 516 g/mol. The van der Waals surface area contributed by atoms with Crippen LogP contribution in [0.1, 0.15) is 33.4 Å². The maximum Gasteiger partial charge on any atom is 0.0665 e. The highest BCUT2D eigenvalue weighted by atomic mass is 14.5. The van der Waals surface area contributed by atoms with E-state index in [0.29, 0.717) is 0 Å². The number of rotatable bonds is 1. The second kappa shape index (κ2) is 7.50. The smallest absolute Gasteiger partial charge is 0.0622 e. The Morgan fingerprint density at radius 1 is 0.415 bits per heavy atom. The van der Waals surface area contributed by atoms with Crippen molar-refractivity contribution in [3.05, 3.63) is 183 Å².